The molecule has 0 radical (unpaired) electrons. The number of fused-ring (bicyclic) bond motifs is 1. The Morgan fingerprint density at radius 2 is 2.08 bits per heavy atom. The third-order valence-corrected chi connectivity index (χ3v) is 6.39. The molecule has 5 nitrogen and oxygen atoms in total. The fourth-order valence-electron chi connectivity index (χ4n) is 4.28. The van der Waals surface area contributed by atoms with Crippen molar-refractivity contribution in [2.45, 2.75) is 38.8 Å². The SMILES string of the molecule is Cc1nnsc1C(=O)N1CCC[C@@H]2CN(Cc3ccc(F)cc3)CC[C@H]21. The van der Waals surface area contributed by atoms with Gasteiger partial charge in [0.2, 0.25) is 0 Å². The summed E-state index contributed by atoms with van der Waals surface area (Å²) in [7, 11) is 0. The van der Waals surface area contributed by atoms with Gasteiger partial charge in [-0.1, -0.05) is 16.6 Å². The molecule has 0 N–H and O–H groups in total. The lowest BCUT2D eigenvalue weighted by atomic mass is 9.83. The van der Waals surface area contributed by atoms with Gasteiger partial charge < -0.3 is 4.90 Å². The van der Waals surface area contributed by atoms with Crippen molar-refractivity contribution >= 4 is 17.4 Å². The lowest BCUT2D eigenvalue weighted by Gasteiger charge is -2.47. The third kappa shape index (κ3) is 3.50. The van der Waals surface area contributed by atoms with Crippen LogP contribution in [0.3, 0.4) is 0 Å². The summed E-state index contributed by atoms with van der Waals surface area (Å²) in [5.74, 6) is 0.406. The summed E-state index contributed by atoms with van der Waals surface area (Å²) in [5, 5.41) is 3.99. The van der Waals surface area contributed by atoms with E-state index >= 15 is 0 Å². The molecule has 138 valence electrons. The number of benzene rings is 1. The molecule has 2 aliphatic heterocycles. The van der Waals surface area contributed by atoms with E-state index in [4.69, 9.17) is 0 Å². The normalized spacial score (nSPS) is 23.7. The minimum absolute atomic E-state index is 0.0965. The number of carbonyl (C=O) groups excluding carboxylic acids is 1. The van der Waals surface area contributed by atoms with Crippen molar-refractivity contribution in [3.8, 4) is 0 Å². The molecule has 0 spiro atoms. The first-order valence-electron chi connectivity index (χ1n) is 9.18. The number of carbonyl (C=O) groups is 1. The first kappa shape index (κ1) is 17.5. The quantitative estimate of drug-likeness (QED) is 0.828. The van der Waals surface area contributed by atoms with Crippen LogP contribution in [0.2, 0.25) is 0 Å². The molecule has 2 saturated heterocycles. The Kier molecular flexibility index (Phi) is 5.00. The Morgan fingerprint density at radius 1 is 1.27 bits per heavy atom. The zero-order chi connectivity index (χ0) is 18.1. The van der Waals surface area contributed by atoms with Gasteiger partial charge in [-0.2, -0.15) is 0 Å². The Hall–Kier alpha value is -1.86. The smallest absolute Gasteiger partial charge is 0.267 e. The van der Waals surface area contributed by atoms with Gasteiger partial charge >= 0.3 is 0 Å². The molecule has 2 aliphatic rings. The molecule has 0 bridgehead atoms. The van der Waals surface area contributed by atoms with E-state index < -0.39 is 0 Å². The number of nitrogens with zero attached hydrogens (tertiary/aromatic N) is 4. The Morgan fingerprint density at radius 3 is 2.81 bits per heavy atom. The maximum absolute atomic E-state index is 13.1. The van der Waals surface area contributed by atoms with Crippen LogP contribution in [0.25, 0.3) is 0 Å². The molecule has 7 heteroatoms. The van der Waals surface area contributed by atoms with Crippen molar-refractivity contribution in [3.05, 3.63) is 46.2 Å². The molecule has 1 aromatic heterocycles. The highest BCUT2D eigenvalue weighted by atomic mass is 32.1. The largest absolute Gasteiger partial charge is 0.334 e. The first-order valence-corrected chi connectivity index (χ1v) is 9.96. The van der Waals surface area contributed by atoms with Gasteiger partial charge in [0.1, 0.15) is 10.7 Å². The lowest BCUT2D eigenvalue weighted by Crippen LogP contribution is -2.55. The number of rotatable bonds is 3. The second kappa shape index (κ2) is 7.40. The van der Waals surface area contributed by atoms with Gasteiger partial charge in [0.15, 0.2) is 0 Å². The summed E-state index contributed by atoms with van der Waals surface area (Å²) >= 11 is 1.20. The number of hydrogen-bond donors (Lipinski definition) is 0. The molecule has 4 rings (SSSR count). The molecule has 1 amide bonds. The Labute approximate surface area is 157 Å². The summed E-state index contributed by atoms with van der Waals surface area (Å²) < 4.78 is 17.0. The van der Waals surface area contributed by atoms with E-state index in [-0.39, 0.29) is 11.7 Å². The molecule has 2 fully saturated rings. The topological polar surface area (TPSA) is 49.3 Å². The molecule has 3 heterocycles. The number of piperidine rings is 2. The van der Waals surface area contributed by atoms with E-state index in [9.17, 15) is 9.18 Å². The summed E-state index contributed by atoms with van der Waals surface area (Å²) in [6.07, 6.45) is 3.19. The Bertz CT molecular complexity index is 778. The molecular formula is C19H23FN4OS. The Balaban J connectivity index is 1.43. The van der Waals surface area contributed by atoms with Crippen LogP contribution in [0.1, 0.15) is 40.2 Å². The predicted octanol–water partition coefficient (Wildman–Crippen LogP) is 3.11. The van der Waals surface area contributed by atoms with Crippen LogP contribution in [0.15, 0.2) is 24.3 Å². The fraction of sp³-hybridized carbons (Fsp3) is 0.526. The van der Waals surface area contributed by atoms with Gasteiger partial charge in [0.05, 0.1) is 5.69 Å². The summed E-state index contributed by atoms with van der Waals surface area (Å²) in [6.45, 7) is 5.47. The fourth-order valence-corrected chi connectivity index (χ4v) is 4.89. The van der Waals surface area contributed by atoms with Gasteiger partial charge in [0, 0.05) is 32.2 Å². The van der Waals surface area contributed by atoms with Crippen LogP contribution >= 0.6 is 11.5 Å². The van der Waals surface area contributed by atoms with Crippen LogP contribution in [0, 0.1) is 18.7 Å². The molecule has 0 aliphatic carbocycles. The van der Waals surface area contributed by atoms with Gasteiger partial charge in [-0.15, -0.1) is 5.10 Å². The van der Waals surface area contributed by atoms with E-state index in [2.05, 4.69) is 19.4 Å². The van der Waals surface area contributed by atoms with E-state index in [1.807, 2.05) is 19.1 Å². The first-order chi connectivity index (χ1) is 12.6. The van der Waals surface area contributed by atoms with E-state index in [1.165, 1.54) is 23.7 Å². The summed E-state index contributed by atoms with van der Waals surface area (Å²) in [6, 6.07) is 7.07. The minimum Gasteiger partial charge on any atom is -0.334 e. The molecule has 0 saturated carbocycles. The molecular weight excluding hydrogens is 351 g/mol. The number of amides is 1. The van der Waals surface area contributed by atoms with Crippen LogP contribution in [0.4, 0.5) is 4.39 Å². The second-order valence-corrected chi connectivity index (χ2v) is 8.06. The van der Waals surface area contributed by atoms with E-state index in [1.54, 1.807) is 0 Å². The number of aryl methyl sites for hydroxylation is 1. The zero-order valence-electron chi connectivity index (χ0n) is 14.9. The highest BCUT2D eigenvalue weighted by molar-refractivity contribution is 7.07. The average molecular weight is 374 g/mol. The highest BCUT2D eigenvalue weighted by Gasteiger charge is 2.39. The van der Waals surface area contributed by atoms with Crippen LogP contribution in [-0.2, 0) is 6.54 Å². The molecule has 26 heavy (non-hydrogen) atoms. The van der Waals surface area contributed by atoms with Crippen LogP contribution in [-0.4, -0.2) is 51.0 Å². The van der Waals surface area contributed by atoms with Crippen molar-refractivity contribution < 1.29 is 9.18 Å². The second-order valence-electron chi connectivity index (χ2n) is 7.31. The van der Waals surface area contributed by atoms with Crippen LogP contribution in [0.5, 0.6) is 0 Å². The highest BCUT2D eigenvalue weighted by Crippen LogP contribution is 2.32. The van der Waals surface area contributed by atoms with Gasteiger partial charge in [-0.3, -0.25) is 9.69 Å². The number of hydrogen-bond acceptors (Lipinski definition) is 5. The van der Waals surface area contributed by atoms with Gasteiger partial charge in [0.25, 0.3) is 5.91 Å². The lowest BCUT2D eigenvalue weighted by molar-refractivity contribution is 0.0187. The maximum Gasteiger partial charge on any atom is 0.267 e. The molecule has 0 unspecified atom stereocenters. The number of likely N-dealkylation sites (tertiary alicyclic amines) is 2. The minimum atomic E-state index is -0.193. The monoisotopic (exact) mass is 374 g/mol. The van der Waals surface area contributed by atoms with E-state index in [0.29, 0.717) is 16.8 Å². The molecule has 2 aromatic rings. The van der Waals surface area contributed by atoms with E-state index in [0.717, 1.165) is 56.7 Å². The summed E-state index contributed by atoms with van der Waals surface area (Å²) in [4.78, 5) is 18.1. The van der Waals surface area contributed by atoms with Crippen molar-refractivity contribution in [1.29, 1.82) is 0 Å². The zero-order valence-corrected chi connectivity index (χ0v) is 15.7. The number of halogens is 1. The third-order valence-electron chi connectivity index (χ3n) is 5.58. The average Bonchev–Trinajstić information content (AvgIpc) is 3.08. The van der Waals surface area contributed by atoms with Crippen LogP contribution < -0.4 is 0 Å². The maximum atomic E-state index is 13.1. The van der Waals surface area contributed by atoms with Gasteiger partial charge in [-0.25, -0.2) is 4.39 Å². The van der Waals surface area contributed by atoms with Gasteiger partial charge in [-0.05, 0) is 61.3 Å². The molecule has 2 atom stereocenters. The molecule has 1 aromatic carbocycles. The van der Waals surface area contributed by atoms with Crippen molar-refractivity contribution in [2.24, 2.45) is 5.92 Å². The van der Waals surface area contributed by atoms with Crippen molar-refractivity contribution in [1.82, 2.24) is 19.4 Å². The standard InChI is InChI=1S/C19H23FN4OS/c1-13-18(26-22-21-13)19(25)24-9-2-3-15-12-23(10-8-17(15)24)11-14-4-6-16(20)7-5-14/h4-7,15,17H,2-3,8-12H2,1H3/t15-,17-/m1/s1. The number of aromatic nitrogens is 2. The summed E-state index contributed by atoms with van der Waals surface area (Å²) in [5.41, 5.74) is 1.87. The van der Waals surface area contributed by atoms with Crippen molar-refractivity contribution in [3.63, 3.8) is 0 Å². The predicted molar refractivity (Wildman–Crippen MR) is 98.5 cm³/mol. The van der Waals surface area contributed by atoms with Crippen molar-refractivity contribution in [2.75, 3.05) is 19.6 Å².